The van der Waals surface area contributed by atoms with Crippen molar-refractivity contribution >= 4 is 5.91 Å². The van der Waals surface area contributed by atoms with Gasteiger partial charge >= 0.3 is 0 Å². The molecule has 0 spiro atoms. The van der Waals surface area contributed by atoms with Gasteiger partial charge in [0.15, 0.2) is 11.5 Å². The zero-order valence-corrected chi connectivity index (χ0v) is 11.8. The summed E-state index contributed by atoms with van der Waals surface area (Å²) in [6.07, 6.45) is 3.37. The minimum absolute atomic E-state index is 0.0770. The van der Waals surface area contributed by atoms with Crippen molar-refractivity contribution in [2.24, 2.45) is 0 Å². The fraction of sp³-hybridized carbons (Fsp3) is 0.533. The van der Waals surface area contributed by atoms with Gasteiger partial charge in [-0.15, -0.1) is 0 Å². The van der Waals surface area contributed by atoms with E-state index in [-0.39, 0.29) is 5.91 Å². The van der Waals surface area contributed by atoms with Crippen molar-refractivity contribution in [3.05, 3.63) is 23.8 Å². The first-order valence-electron chi connectivity index (χ1n) is 6.70. The molecule has 1 aromatic carbocycles. The minimum atomic E-state index is 0.0770. The molecule has 0 aromatic heterocycles. The molecule has 0 aliphatic carbocycles. The molecule has 1 aliphatic rings. The Morgan fingerprint density at radius 3 is 2.58 bits per heavy atom. The average Bonchev–Trinajstić information content (AvgIpc) is 2.46. The van der Waals surface area contributed by atoms with E-state index in [0.717, 1.165) is 19.4 Å². The third kappa shape index (κ3) is 2.83. The van der Waals surface area contributed by atoms with Crippen molar-refractivity contribution < 1.29 is 14.3 Å². The maximum Gasteiger partial charge on any atom is 0.254 e. The van der Waals surface area contributed by atoms with Crippen molar-refractivity contribution in [3.63, 3.8) is 0 Å². The van der Waals surface area contributed by atoms with Crippen LogP contribution in [0.2, 0.25) is 0 Å². The molecule has 0 N–H and O–H groups in total. The molecule has 1 atom stereocenters. The van der Waals surface area contributed by atoms with Gasteiger partial charge in [0.2, 0.25) is 0 Å². The smallest absolute Gasteiger partial charge is 0.254 e. The van der Waals surface area contributed by atoms with Crippen molar-refractivity contribution in [1.82, 2.24) is 4.90 Å². The van der Waals surface area contributed by atoms with Gasteiger partial charge in [0.1, 0.15) is 0 Å². The van der Waals surface area contributed by atoms with E-state index < -0.39 is 0 Å². The van der Waals surface area contributed by atoms with Crippen molar-refractivity contribution in [2.45, 2.75) is 32.2 Å². The lowest BCUT2D eigenvalue weighted by atomic mass is 10.0. The second-order valence-corrected chi connectivity index (χ2v) is 4.91. The largest absolute Gasteiger partial charge is 0.493 e. The molecule has 4 nitrogen and oxygen atoms in total. The van der Waals surface area contributed by atoms with Gasteiger partial charge in [0.25, 0.3) is 5.91 Å². The van der Waals surface area contributed by atoms with E-state index >= 15 is 0 Å². The van der Waals surface area contributed by atoms with E-state index in [1.54, 1.807) is 32.4 Å². The van der Waals surface area contributed by atoms with Gasteiger partial charge in [0, 0.05) is 18.2 Å². The van der Waals surface area contributed by atoms with Crippen LogP contribution in [0.3, 0.4) is 0 Å². The number of carbonyl (C=O) groups is 1. The summed E-state index contributed by atoms with van der Waals surface area (Å²) in [6, 6.07) is 5.64. The predicted octanol–water partition coefficient (Wildman–Crippen LogP) is 2.72. The molecule has 1 unspecified atom stereocenters. The number of nitrogens with zero attached hydrogens (tertiary/aromatic N) is 1. The van der Waals surface area contributed by atoms with Gasteiger partial charge in [-0.3, -0.25) is 4.79 Å². The van der Waals surface area contributed by atoms with Crippen LogP contribution in [0.25, 0.3) is 0 Å². The predicted molar refractivity (Wildman–Crippen MR) is 73.9 cm³/mol. The maximum absolute atomic E-state index is 12.5. The van der Waals surface area contributed by atoms with Crippen LogP contribution in [0, 0.1) is 0 Å². The molecule has 2 rings (SSSR count). The second-order valence-electron chi connectivity index (χ2n) is 4.91. The summed E-state index contributed by atoms with van der Waals surface area (Å²) in [4.78, 5) is 14.5. The van der Waals surface area contributed by atoms with E-state index in [1.165, 1.54) is 6.42 Å². The number of piperidine rings is 1. The molecule has 1 heterocycles. The molecule has 1 aromatic rings. The van der Waals surface area contributed by atoms with Crippen LogP contribution in [0.1, 0.15) is 36.5 Å². The fourth-order valence-electron chi connectivity index (χ4n) is 2.53. The molecule has 19 heavy (non-hydrogen) atoms. The van der Waals surface area contributed by atoms with Crippen LogP contribution in [0.4, 0.5) is 0 Å². The molecule has 1 fully saturated rings. The first-order chi connectivity index (χ1) is 9.17. The van der Waals surface area contributed by atoms with E-state index in [0.29, 0.717) is 23.1 Å². The first-order valence-corrected chi connectivity index (χ1v) is 6.70. The van der Waals surface area contributed by atoms with E-state index in [2.05, 4.69) is 6.92 Å². The van der Waals surface area contributed by atoms with Crippen LogP contribution in [-0.4, -0.2) is 37.6 Å². The van der Waals surface area contributed by atoms with E-state index in [4.69, 9.17) is 9.47 Å². The third-order valence-corrected chi connectivity index (χ3v) is 3.69. The van der Waals surface area contributed by atoms with Gasteiger partial charge in [-0.25, -0.2) is 0 Å². The lowest BCUT2D eigenvalue weighted by Crippen LogP contribution is -2.42. The zero-order valence-electron chi connectivity index (χ0n) is 11.8. The highest BCUT2D eigenvalue weighted by Crippen LogP contribution is 2.29. The van der Waals surface area contributed by atoms with E-state index in [9.17, 15) is 4.79 Å². The standard InChI is InChI=1S/C15H21NO3/c1-11-6-4-5-9-16(11)15(17)12-7-8-13(18-2)14(10-12)19-3/h7-8,10-11H,4-6,9H2,1-3H3. The van der Waals surface area contributed by atoms with Crippen molar-refractivity contribution in [1.29, 1.82) is 0 Å². The van der Waals surface area contributed by atoms with Crippen molar-refractivity contribution in [2.75, 3.05) is 20.8 Å². The average molecular weight is 263 g/mol. The minimum Gasteiger partial charge on any atom is -0.493 e. The Bertz CT molecular complexity index is 459. The molecule has 1 amide bonds. The van der Waals surface area contributed by atoms with Crippen LogP contribution in [-0.2, 0) is 0 Å². The quantitative estimate of drug-likeness (QED) is 0.841. The summed E-state index contributed by atoms with van der Waals surface area (Å²) in [7, 11) is 3.17. The fourth-order valence-corrected chi connectivity index (χ4v) is 2.53. The molecular formula is C15H21NO3. The highest BCUT2D eigenvalue weighted by Gasteiger charge is 2.24. The van der Waals surface area contributed by atoms with E-state index in [1.807, 2.05) is 4.90 Å². The van der Waals surface area contributed by atoms with Gasteiger partial charge in [-0.05, 0) is 44.4 Å². The Hall–Kier alpha value is -1.71. The summed E-state index contributed by atoms with van der Waals surface area (Å²) in [6.45, 7) is 2.95. The van der Waals surface area contributed by atoms with Gasteiger partial charge in [-0.2, -0.15) is 0 Å². The first kappa shape index (κ1) is 13.7. The number of rotatable bonds is 3. The highest BCUT2D eigenvalue weighted by atomic mass is 16.5. The summed E-state index contributed by atoms with van der Waals surface area (Å²) in [5.74, 6) is 1.32. The summed E-state index contributed by atoms with van der Waals surface area (Å²) >= 11 is 0. The number of hydrogen-bond acceptors (Lipinski definition) is 3. The topological polar surface area (TPSA) is 38.8 Å². The number of hydrogen-bond donors (Lipinski definition) is 0. The van der Waals surface area contributed by atoms with Crippen LogP contribution >= 0.6 is 0 Å². The molecule has 0 radical (unpaired) electrons. The Morgan fingerprint density at radius 2 is 1.95 bits per heavy atom. The molecule has 4 heteroatoms. The molecular weight excluding hydrogens is 242 g/mol. The number of carbonyl (C=O) groups excluding carboxylic acids is 1. The van der Waals surface area contributed by atoms with Gasteiger partial charge in [-0.1, -0.05) is 0 Å². The van der Waals surface area contributed by atoms with Crippen LogP contribution < -0.4 is 9.47 Å². The second kappa shape index (κ2) is 5.95. The summed E-state index contributed by atoms with van der Waals surface area (Å²) in [5, 5.41) is 0. The highest BCUT2D eigenvalue weighted by molar-refractivity contribution is 5.95. The number of amides is 1. The molecule has 1 aliphatic heterocycles. The van der Waals surface area contributed by atoms with Crippen LogP contribution in [0.15, 0.2) is 18.2 Å². The molecule has 0 bridgehead atoms. The SMILES string of the molecule is COc1ccc(C(=O)N2CCCCC2C)cc1OC. The van der Waals surface area contributed by atoms with Crippen LogP contribution in [0.5, 0.6) is 11.5 Å². The lowest BCUT2D eigenvalue weighted by Gasteiger charge is -2.33. The number of methoxy groups -OCH3 is 2. The number of likely N-dealkylation sites (tertiary alicyclic amines) is 1. The lowest BCUT2D eigenvalue weighted by molar-refractivity contribution is 0.0635. The van der Waals surface area contributed by atoms with Gasteiger partial charge in [0.05, 0.1) is 14.2 Å². The molecule has 1 saturated heterocycles. The van der Waals surface area contributed by atoms with Crippen molar-refractivity contribution in [3.8, 4) is 11.5 Å². The Kier molecular flexibility index (Phi) is 4.30. The zero-order chi connectivity index (χ0) is 13.8. The molecule has 0 saturated carbocycles. The normalized spacial score (nSPS) is 19.1. The Labute approximate surface area is 114 Å². The Morgan fingerprint density at radius 1 is 1.21 bits per heavy atom. The summed E-state index contributed by atoms with van der Waals surface area (Å²) in [5.41, 5.74) is 0.659. The number of benzene rings is 1. The third-order valence-electron chi connectivity index (χ3n) is 3.69. The van der Waals surface area contributed by atoms with Gasteiger partial charge < -0.3 is 14.4 Å². The monoisotopic (exact) mass is 263 g/mol. The number of ether oxygens (including phenoxy) is 2. The maximum atomic E-state index is 12.5. The molecule has 104 valence electrons. The Balaban J connectivity index is 2.23. The summed E-state index contributed by atoms with van der Waals surface area (Å²) < 4.78 is 10.4.